The molecule has 1 aliphatic heterocycles. The number of nitrogens with one attached hydrogen (secondary N) is 1. The summed E-state index contributed by atoms with van der Waals surface area (Å²) in [4.78, 5) is 21.4. The zero-order chi connectivity index (χ0) is 19.1. The van der Waals surface area contributed by atoms with Crippen LogP contribution in [0.15, 0.2) is 30.3 Å². The van der Waals surface area contributed by atoms with E-state index in [1.165, 1.54) is 0 Å². The van der Waals surface area contributed by atoms with Crippen molar-refractivity contribution < 1.29 is 9.53 Å². The third-order valence-corrected chi connectivity index (χ3v) is 4.78. The van der Waals surface area contributed by atoms with Gasteiger partial charge in [-0.25, -0.2) is 9.97 Å². The number of rotatable bonds is 3. The van der Waals surface area contributed by atoms with Crippen molar-refractivity contribution in [2.75, 3.05) is 12.4 Å². The number of carbonyl (C=O) groups is 1. The Morgan fingerprint density at radius 3 is 2.41 bits per heavy atom. The van der Waals surface area contributed by atoms with E-state index in [9.17, 15) is 4.79 Å². The molecule has 0 spiro atoms. The largest absolute Gasteiger partial charge is 0.497 e. The molecular formula is C20H21N5O2. The highest BCUT2D eigenvalue weighted by atomic mass is 16.5. The van der Waals surface area contributed by atoms with Crippen molar-refractivity contribution >= 4 is 11.7 Å². The molecule has 27 heavy (non-hydrogen) atoms. The van der Waals surface area contributed by atoms with Crippen LogP contribution in [0.4, 0.5) is 5.82 Å². The van der Waals surface area contributed by atoms with Gasteiger partial charge in [0.2, 0.25) is 5.91 Å². The zero-order valence-corrected chi connectivity index (χ0v) is 15.8. The van der Waals surface area contributed by atoms with Crippen molar-refractivity contribution in [1.82, 2.24) is 19.7 Å². The number of fused-ring (bicyclic) bond motifs is 1. The summed E-state index contributed by atoms with van der Waals surface area (Å²) in [6, 6.07) is 9.72. The van der Waals surface area contributed by atoms with Gasteiger partial charge < -0.3 is 10.1 Å². The lowest BCUT2D eigenvalue weighted by molar-refractivity contribution is -0.116. The van der Waals surface area contributed by atoms with Gasteiger partial charge >= 0.3 is 0 Å². The lowest BCUT2D eigenvalue weighted by Gasteiger charge is -2.24. The summed E-state index contributed by atoms with van der Waals surface area (Å²) in [6.45, 7) is 5.78. The van der Waals surface area contributed by atoms with Crippen LogP contribution in [-0.4, -0.2) is 32.8 Å². The van der Waals surface area contributed by atoms with E-state index in [2.05, 4.69) is 20.4 Å². The Labute approximate surface area is 157 Å². The van der Waals surface area contributed by atoms with E-state index < -0.39 is 0 Å². The minimum absolute atomic E-state index is 0.0474. The molecule has 1 aromatic carbocycles. The Morgan fingerprint density at radius 2 is 1.78 bits per heavy atom. The SMILES string of the molecule is COc1ccc([C@@H]2CC(=O)Nc3c2c(C)nn3-c2nc(C)cc(C)n2)cc1. The van der Waals surface area contributed by atoms with Crippen LogP contribution < -0.4 is 10.1 Å². The first-order valence-electron chi connectivity index (χ1n) is 8.82. The molecular weight excluding hydrogens is 342 g/mol. The van der Waals surface area contributed by atoms with E-state index in [1.807, 2.05) is 51.1 Å². The molecule has 1 amide bonds. The van der Waals surface area contributed by atoms with Crippen molar-refractivity contribution in [3.8, 4) is 11.7 Å². The van der Waals surface area contributed by atoms with Crippen LogP contribution in [0, 0.1) is 20.8 Å². The molecule has 0 radical (unpaired) electrons. The summed E-state index contributed by atoms with van der Waals surface area (Å²) in [5.74, 6) is 1.78. The molecule has 0 unspecified atom stereocenters. The van der Waals surface area contributed by atoms with Crippen molar-refractivity contribution in [3.63, 3.8) is 0 Å². The van der Waals surface area contributed by atoms with E-state index in [-0.39, 0.29) is 11.8 Å². The summed E-state index contributed by atoms with van der Waals surface area (Å²) in [5.41, 5.74) is 4.62. The Hall–Kier alpha value is -3.22. The quantitative estimate of drug-likeness (QED) is 0.773. The van der Waals surface area contributed by atoms with Gasteiger partial charge in [-0.1, -0.05) is 12.1 Å². The van der Waals surface area contributed by atoms with Crippen molar-refractivity contribution in [2.45, 2.75) is 33.1 Å². The third-order valence-electron chi connectivity index (χ3n) is 4.78. The highest BCUT2D eigenvalue weighted by molar-refractivity contribution is 5.95. The van der Waals surface area contributed by atoms with E-state index in [4.69, 9.17) is 4.74 Å². The van der Waals surface area contributed by atoms with E-state index in [0.29, 0.717) is 18.2 Å². The normalized spacial score (nSPS) is 16.0. The number of anilines is 1. The first kappa shape index (κ1) is 17.2. The maximum Gasteiger partial charge on any atom is 0.252 e. The van der Waals surface area contributed by atoms with Crippen LogP contribution in [0.5, 0.6) is 5.75 Å². The first-order chi connectivity index (χ1) is 13.0. The van der Waals surface area contributed by atoms with Gasteiger partial charge in [0.15, 0.2) is 0 Å². The first-order valence-corrected chi connectivity index (χ1v) is 8.82. The number of carbonyl (C=O) groups excluding carboxylic acids is 1. The van der Waals surface area contributed by atoms with Crippen molar-refractivity contribution in [3.05, 3.63) is 58.5 Å². The van der Waals surface area contributed by atoms with Crippen molar-refractivity contribution in [1.29, 1.82) is 0 Å². The second-order valence-corrected chi connectivity index (χ2v) is 6.79. The number of hydrogen-bond acceptors (Lipinski definition) is 5. The fourth-order valence-corrected chi connectivity index (χ4v) is 3.61. The summed E-state index contributed by atoms with van der Waals surface area (Å²) >= 11 is 0. The molecule has 3 heterocycles. The average Bonchev–Trinajstić information content (AvgIpc) is 2.97. The summed E-state index contributed by atoms with van der Waals surface area (Å²) in [7, 11) is 1.64. The minimum atomic E-state index is -0.0701. The molecule has 0 saturated carbocycles. The Morgan fingerprint density at radius 1 is 1.11 bits per heavy atom. The number of benzene rings is 1. The number of aromatic nitrogens is 4. The van der Waals surface area contributed by atoms with Crippen molar-refractivity contribution in [2.24, 2.45) is 0 Å². The van der Waals surface area contributed by atoms with Gasteiger partial charge in [0.05, 0.1) is 12.8 Å². The van der Waals surface area contributed by atoms with Crippen LogP contribution in [0.1, 0.15) is 40.5 Å². The number of nitrogens with zero attached hydrogens (tertiary/aromatic N) is 4. The van der Waals surface area contributed by atoms with Crippen LogP contribution >= 0.6 is 0 Å². The molecule has 0 saturated heterocycles. The van der Waals surface area contributed by atoms with Gasteiger partial charge in [-0.15, -0.1) is 0 Å². The fourth-order valence-electron chi connectivity index (χ4n) is 3.61. The topological polar surface area (TPSA) is 81.9 Å². The number of ether oxygens (including phenoxy) is 1. The number of methoxy groups -OCH3 is 1. The maximum absolute atomic E-state index is 12.4. The zero-order valence-electron chi connectivity index (χ0n) is 15.8. The van der Waals surface area contributed by atoms with Gasteiger partial charge in [0.1, 0.15) is 11.6 Å². The molecule has 7 nitrogen and oxygen atoms in total. The van der Waals surface area contributed by atoms with E-state index >= 15 is 0 Å². The van der Waals surface area contributed by atoms with E-state index in [0.717, 1.165) is 34.0 Å². The molecule has 0 aliphatic carbocycles. The minimum Gasteiger partial charge on any atom is -0.497 e. The third kappa shape index (κ3) is 3.05. The van der Waals surface area contributed by atoms with Gasteiger partial charge in [-0.2, -0.15) is 9.78 Å². The van der Waals surface area contributed by atoms with E-state index in [1.54, 1.807) is 11.8 Å². The lowest BCUT2D eigenvalue weighted by Crippen LogP contribution is -2.25. The molecule has 7 heteroatoms. The standard InChI is InChI=1S/C20H21N5O2/c1-11-9-12(2)22-20(21-11)25-19-18(13(3)24-25)16(10-17(26)23-19)14-5-7-15(27-4)8-6-14/h5-9,16H,10H2,1-4H3,(H,23,26)/t16-/m0/s1. The van der Waals surface area contributed by atoms with Gasteiger partial charge in [0.25, 0.3) is 5.95 Å². The van der Waals surface area contributed by atoms with Crippen LogP contribution in [0.3, 0.4) is 0 Å². The maximum atomic E-state index is 12.4. The number of amides is 1. The lowest BCUT2D eigenvalue weighted by atomic mass is 9.86. The summed E-state index contributed by atoms with van der Waals surface area (Å²) < 4.78 is 6.88. The Balaban J connectivity index is 1.85. The average molecular weight is 363 g/mol. The Bertz CT molecular complexity index is 1000. The van der Waals surface area contributed by atoms with Crippen LogP contribution in [-0.2, 0) is 4.79 Å². The summed E-state index contributed by atoms with van der Waals surface area (Å²) in [6.07, 6.45) is 0.375. The van der Waals surface area contributed by atoms with Crippen LogP contribution in [0.25, 0.3) is 5.95 Å². The molecule has 2 aromatic heterocycles. The molecule has 4 rings (SSSR count). The van der Waals surface area contributed by atoms with Gasteiger partial charge in [-0.05, 0) is 44.5 Å². The molecule has 3 aromatic rings. The number of aryl methyl sites for hydroxylation is 3. The number of hydrogen-bond donors (Lipinski definition) is 1. The smallest absolute Gasteiger partial charge is 0.252 e. The monoisotopic (exact) mass is 363 g/mol. The van der Waals surface area contributed by atoms with Gasteiger partial charge in [0, 0.05) is 29.3 Å². The fraction of sp³-hybridized carbons (Fsp3) is 0.300. The molecule has 1 aliphatic rings. The van der Waals surface area contributed by atoms with Gasteiger partial charge in [-0.3, -0.25) is 4.79 Å². The highest BCUT2D eigenvalue weighted by Crippen LogP contribution is 2.40. The second kappa shape index (κ2) is 6.50. The summed E-state index contributed by atoms with van der Waals surface area (Å²) in [5, 5.41) is 7.61. The predicted molar refractivity (Wildman–Crippen MR) is 101 cm³/mol. The molecule has 1 atom stereocenters. The second-order valence-electron chi connectivity index (χ2n) is 6.79. The molecule has 0 bridgehead atoms. The van der Waals surface area contributed by atoms with Crippen LogP contribution in [0.2, 0.25) is 0 Å². The molecule has 1 N–H and O–H groups in total. The predicted octanol–water partition coefficient (Wildman–Crippen LogP) is 3.07. The molecule has 0 fully saturated rings. The molecule has 138 valence electrons. The highest BCUT2D eigenvalue weighted by Gasteiger charge is 2.33. The Kier molecular flexibility index (Phi) is 4.14.